The van der Waals surface area contributed by atoms with Gasteiger partial charge in [0, 0.05) is 54.5 Å². The lowest BCUT2D eigenvalue weighted by Gasteiger charge is -2.33. The van der Waals surface area contributed by atoms with Gasteiger partial charge in [0.25, 0.3) is 0 Å². The Balaban J connectivity index is 0.000000335. The molecule has 0 spiro atoms. The molecule has 0 saturated carbocycles. The van der Waals surface area contributed by atoms with Crippen molar-refractivity contribution in [1.29, 1.82) is 0 Å². The topological polar surface area (TPSA) is 115 Å². The standard InChI is InChI=1S/C12H6Cl4O2S.C7H15Cl2N2O2P.C4H10N2O/c13-5-1-7(15)11(17)9(3-5)19-10-4-6(14)2-8(16)12(10)18;8-2-5-11(6-3-9)14(12)10-4-1-7-13-14;1-3-6(4-2)5-7/h1-4,17-18H;1-7H2,(H,10,12);3-4H2,1-2H3. The molecule has 1 fully saturated rings. The van der Waals surface area contributed by atoms with Crippen molar-refractivity contribution in [3.63, 3.8) is 0 Å². The van der Waals surface area contributed by atoms with Crippen LogP contribution in [0.3, 0.4) is 0 Å². The van der Waals surface area contributed by atoms with E-state index in [9.17, 15) is 19.7 Å². The lowest BCUT2D eigenvalue weighted by Crippen LogP contribution is -2.35. The van der Waals surface area contributed by atoms with Gasteiger partial charge in [0.1, 0.15) is 11.5 Å². The van der Waals surface area contributed by atoms with E-state index in [1.807, 2.05) is 13.8 Å². The Morgan fingerprint density at radius 2 is 1.43 bits per heavy atom. The molecule has 9 nitrogen and oxygen atoms in total. The second-order valence-corrected chi connectivity index (χ2v) is 13.4. The Kier molecular flexibility index (Phi) is 18.6. The van der Waals surface area contributed by atoms with Gasteiger partial charge >= 0.3 is 7.67 Å². The van der Waals surface area contributed by atoms with Crippen molar-refractivity contribution in [3.8, 4) is 11.5 Å². The van der Waals surface area contributed by atoms with Crippen LogP contribution in [0.25, 0.3) is 0 Å². The van der Waals surface area contributed by atoms with E-state index in [0.29, 0.717) is 64.4 Å². The maximum absolute atomic E-state index is 12.2. The molecule has 2 aromatic carbocycles. The largest absolute Gasteiger partial charge is 0.505 e. The van der Waals surface area contributed by atoms with Crippen LogP contribution < -0.4 is 5.09 Å². The molecule has 1 unspecified atom stereocenters. The number of hydrogen-bond donors (Lipinski definition) is 3. The number of phenolic OH excluding ortho intramolecular Hbond substituents is 2. The van der Waals surface area contributed by atoms with Crippen LogP contribution in [0.4, 0.5) is 0 Å². The molecule has 3 rings (SSSR count). The fourth-order valence-corrected chi connectivity index (χ4v) is 7.87. The number of nitrogens with one attached hydrogen (secondary N) is 1. The third-order valence-electron chi connectivity index (χ3n) is 5.01. The molecule has 0 amide bonds. The summed E-state index contributed by atoms with van der Waals surface area (Å²) >= 11 is 35.7. The predicted molar refractivity (Wildman–Crippen MR) is 168 cm³/mol. The Morgan fingerprint density at radius 1 is 0.950 bits per heavy atom. The lowest BCUT2D eigenvalue weighted by atomic mass is 10.3. The lowest BCUT2D eigenvalue weighted by molar-refractivity contribution is 0.233. The normalized spacial score (nSPS) is 16.4. The summed E-state index contributed by atoms with van der Waals surface area (Å²) in [5, 5.41) is 27.8. The van der Waals surface area contributed by atoms with Gasteiger partial charge in [-0.15, -0.1) is 28.1 Å². The summed E-state index contributed by atoms with van der Waals surface area (Å²) in [6.45, 7) is 7.51. The molecule has 17 heteroatoms. The van der Waals surface area contributed by atoms with E-state index in [2.05, 4.69) is 10.4 Å². The van der Waals surface area contributed by atoms with Crippen LogP contribution in [0.1, 0.15) is 20.3 Å². The summed E-state index contributed by atoms with van der Waals surface area (Å²) in [6, 6.07) is 5.91. The van der Waals surface area contributed by atoms with Crippen molar-refractivity contribution in [2.45, 2.75) is 30.1 Å². The molecule has 1 aliphatic rings. The van der Waals surface area contributed by atoms with Gasteiger partial charge in [-0.1, -0.05) is 58.2 Å². The van der Waals surface area contributed by atoms with Crippen LogP contribution in [-0.4, -0.2) is 71.0 Å². The maximum atomic E-state index is 12.2. The Bertz CT molecular complexity index is 1060. The van der Waals surface area contributed by atoms with Crippen LogP contribution in [0.2, 0.25) is 20.1 Å². The van der Waals surface area contributed by atoms with E-state index >= 15 is 0 Å². The molecule has 2 aromatic rings. The zero-order chi connectivity index (χ0) is 30.3. The highest BCUT2D eigenvalue weighted by atomic mass is 35.5. The fraction of sp³-hybridized carbons (Fsp3) is 0.478. The highest BCUT2D eigenvalue weighted by molar-refractivity contribution is 7.99. The molecular weight excluding hydrogens is 688 g/mol. The van der Waals surface area contributed by atoms with Gasteiger partial charge in [0.05, 0.1) is 31.7 Å². The van der Waals surface area contributed by atoms with Crippen molar-refractivity contribution in [3.05, 3.63) is 49.3 Å². The summed E-state index contributed by atoms with van der Waals surface area (Å²) in [5.74, 6) is 0.607. The molecular formula is C23H31Cl6N4O5PS. The summed E-state index contributed by atoms with van der Waals surface area (Å²) in [5.41, 5.74) is 0. The van der Waals surface area contributed by atoms with Crippen LogP contribution in [0.5, 0.6) is 11.5 Å². The first-order valence-electron chi connectivity index (χ1n) is 11.9. The molecule has 3 N–H and O–H groups in total. The zero-order valence-electron chi connectivity index (χ0n) is 21.8. The predicted octanol–water partition coefficient (Wildman–Crippen LogP) is 8.76. The molecule has 1 saturated heterocycles. The van der Waals surface area contributed by atoms with Crippen LogP contribution in [0.15, 0.2) is 39.3 Å². The maximum Gasteiger partial charge on any atom is 0.343 e. The van der Waals surface area contributed by atoms with Gasteiger partial charge in [0.2, 0.25) is 0 Å². The number of halogens is 6. The van der Waals surface area contributed by atoms with Crippen molar-refractivity contribution >= 4 is 89.0 Å². The fourth-order valence-electron chi connectivity index (χ4n) is 2.98. The first kappa shape index (κ1) is 37.7. The Hall–Kier alpha value is -0.360. The third-order valence-corrected chi connectivity index (χ3v) is 9.72. The Morgan fingerprint density at radius 3 is 1.75 bits per heavy atom. The SMILES string of the molecule is CCN(CC)N=O.O=P1(N(CCCl)CCCl)NCCCO1.Oc1c(Cl)cc(Cl)cc1Sc1cc(Cl)cc(Cl)c1O. The van der Waals surface area contributed by atoms with Gasteiger partial charge in [-0.25, -0.2) is 9.76 Å². The van der Waals surface area contributed by atoms with Crippen LogP contribution in [-0.2, 0) is 9.09 Å². The third kappa shape index (κ3) is 12.5. The van der Waals surface area contributed by atoms with E-state index in [4.69, 9.17) is 74.1 Å². The number of aromatic hydroxyl groups is 2. The molecule has 1 atom stereocenters. The second kappa shape index (κ2) is 19.8. The van der Waals surface area contributed by atoms with E-state index in [1.54, 1.807) is 4.67 Å². The quantitative estimate of drug-likeness (QED) is 0.0960. The van der Waals surface area contributed by atoms with Gasteiger partial charge in [0.15, 0.2) is 0 Å². The van der Waals surface area contributed by atoms with Crippen LogP contribution in [0, 0.1) is 4.91 Å². The molecule has 226 valence electrons. The number of benzene rings is 2. The van der Waals surface area contributed by atoms with E-state index in [0.717, 1.165) is 24.7 Å². The smallest absolute Gasteiger partial charge is 0.343 e. The second-order valence-electron chi connectivity index (χ2n) is 7.74. The minimum atomic E-state index is -2.84. The first-order chi connectivity index (χ1) is 19.0. The monoisotopic (exact) mass is 716 g/mol. The highest BCUT2D eigenvalue weighted by Crippen LogP contribution is 2.48. The van der Waals surface area contributed by atoms with E-state index in [1.165, 1.54) is 29.3 Å². The highest BCUT2D eigenvalue weighted by Gasteiger charge is 2.32. The number of phenols is 2. The summed E-state index contributed by atoms with van der Waals surface area (Å²) in [6.07, 6.45) is 0.888. The number of nitrogens with zero attached hydrogens (tertiary/aromatic N) is 3. The number of hydrogen-bond acceptors (Lipinski definition) is 7. The average molecular weight is 719 g/mol. The van der Waals surface area contributed by atoms with Gasteiger partial charge in [-0.05, 0) is 44.5 Å². The van der Waals surface area contributed by atoms with Gasteiger partial charge in [-0.2, -0.15) is 0 Å². The summed E-state index contributed by atoms with van der Waals surface area (Å²) < 4.78 is 19.2. The molecule has 1 aliphatic heterocycles. The summed E-state index contributed by atoms with van der Waals surface area (Å²) in [4.78, 5) is 10.4. The molecule has 0 radical (unpaired) electrons. The minimum Gasteiger partial charge on any atom is -0.505 e. The number of rotatable bonds is 10. The number of nitroso groups, excluding NO2 is 1. The van der Waals surface area contributed by atoms with Crippen molar-refractivity contribution in [1.82, 2.24) is 14.8 Å². The van der Waals surface area contributed by atoms with E-state index in [-0.39, 0.29) is 21.5 Å². The van der Waals surface area contributed by atoms with Gasteiger partial charge < -0.3 is 14.7 Å². The first-order valence-corrected chi connectivity index (χ1v) is 16.9. The molecule has 0 bridgehead atoms. The van der Waals surface area contributed by atoms with Crippen molar-refractivity contribution < 1.29 is 19.3 Å². The van der Waals surface area contributed by atoms with Crippen LogP contribution >= 0.6 is 89.0 Å². The van der Waals surface area contributed by atoms with Crippen molar-refractivity contribution in [2.75, 3.05) is 51.1 Å². The molecule has 0 aliphatic carbocycles. The zero-order valence-corrected chi connectivity index (χ0v) is 28.0. The van der Waals surface area contributed by atoms with E-state index < -0.39 is 7.67 Å². The molecule has 1 heterocycles. The summed E-state index contributed by atoms with van der Waals surface area (Å²) in [7, 11) is -2.84. The average Bonchev–Trinajstić information content (AvgIpc) is 2.92. The minimum absolute atomic E-state index is 0.119. The van der Waals surface area contributed by atoms with Gasteiger partial charge in [-0.3, -0.25) is 9.57 Å². The molecule has 40 heavy (non-hydrogen) atoms. The molecule has 0 aromatic heterocycles. The number of alkyl halides is 2. The Labute approximate surface area is 268 Å². The van der Waals surface area contributed by atoms with Crippen molar-refractivity contribution in [2.24, 2.45) is 5.29 Å².